The average molecular weight is 427 g/mol. The van der Waals surface area contributed by atoms with Crippen molar-refractivity contribution in [1.29, 1.82) is 0 Å². The first kappa shape index (κ1) is 24.1. The Morgan fingerprint density at radius 3 is 2.45 bits per heavy atom. The minimum absolute atomic E-state index is 0.00978. The van der Waals surface area contributed by atoms with Gasteiger partial charge in [-0.15, -0.1) is 0 Å². The van der Waals surface area contributed by atoms with Crippen molar-refractivity contribution in [3.8, 4) is 11.5 Å². The van der Waals surface area contributed by atoms with Gasteiger partial charge in [-0.1, -0.05) is 12.1 Å². The van der Waals surface area contributed by atoms with Gasteiger partial charge in [-0.2, -0.15) is 0 Å². The Hall–Kier alpha value is -3.22. The maximum Gasteiger partial charge on any atom is 0.253 e. The molecule has 0 aliphatic rings. The quantitative estimate of drug-likeness (QED) is 0.451. The predicted octanol–water partition coefficient (Wildman–Crippen LogP) is 2.96. The van der Waals surface area contributed by atoms with Crippen molar-refractivity contribution >= 4 is 11.9 Å². The number of hydrogen-bond donors (Lipinski definition) is 2. The highest BCUT2D eigenvalue weighted by Crippen LogP contribution is 2.18. The zero-order valence-corrected chi connectivity index (χ0v) is 19.1. The van der Waals surface area contributed by atoms with Crippen molar-refractivity contribution in [1.82, 2.24) is 15.5 Å². The molecule has 0 aliphatic heterocycles. The molecule has 1 amide bonds. The van der Waals surface area contributed by atoms with Gasteiger partial charge in [0, 0.05) is 32.7 Å². The average Bonchev–Trinajstić information content (AvgIpc) is 2.77. The SMILES string of the molecule is CCNC(=NCC(C)Oc1ccc(OC)cc1)NCCc1cccc(C(=O)N(C)C)c1. The number of carbonyl (C=O) groups is 1. The molecule has 0 heterocycles. The Bertz CT molecular complexity index is 850. The van der Waals surface area contributed by atoms with Crippen LogP contribution in [0.2, 0.25) is 0 Å². The fraction of sp³-hybridized carbons (Fsp3) is 0.417. The van der Waals surface area contributed by atoms with Crippen LogP contribution in [-0.4, -0.2) is 63.7 Å². The molecular weight excluding hydrogens is 392 g/mol. The molecule has 31 heavy (non-hydrogen) atoms. The van der Waals surface area contributed by atoms with Crippen molar-refractivity contribution in [2.24, 2.45) is 4.99 Å². The van der Waals surface area contributed by atoms with Crippen LogP contribution in [0, 0.1) is 0 Å². The van der Waals surface area contributed by atoms with E-state index in [1.165, 1.54) is 0 Å². The van der Waals surface area contributed by atoms with Crippen LogP contribution >= 0.6 is 0 Å². The maximum absolute atomic E-state index is 12.1. The highest BCUT2D eigenvalue weighted by molar-refractivity contribution is 5.94. The van der Waals surface area contributed by atoms with E-state index < -0.39 is 0 Å². The second-order valence-corrected chi connectivity index (χ2v) is 7.40. The molecule has 0 fully saturated rings. The van der Waals surface area contributed by atoms with Crippen LogP contribution < -0.4 is 20.1 Å². The number of aliphatic imine (C=N–C) groups is 1. The lowest BCUT2D eigenvalue weighted by atomic mass is 10.1. The monoisotopic (exact) mass is 426 g/mol. The number of ether oxygens (including phenoxy) is 2. The lowest BCUT2D eigenvalue weighted by molar-refractivity contribution is 0.0827. The minimum atomic E-state index is -0.0717. The molecule has 2 N–H and O–H groups in total. The second-order valence-electron chi connectivity index (χ2n) is 7.40. The first-order valence-corrected chi connectivity index (χ1v) is 10.6. The van der Waals surface area contributed by atoms with E-state index in [0.717, 1.165) is 36.0 Å². The van der Waals surface area contributed by atoms with Gasteiger partial charge in [0.2, 0.25) is 0 Å². The first-order valence-electron chi connectivity index (χ1n) is 10.6. The van der Waals surface area contributed by atoms with Gasteiger partial charge in [-0.05, 0) is 62.2 Å². The number of amides is 1. The molecule has 0 saturated heterocycles. The summed E-state index contributed by atoms with van der Waals surface area (Å²) < 4.78 is 11.1. The maximum atomic E-state index is 12.1. The number of nitrogens with zero attached hydrogens (tertiary/aromatic N) is 2. The highest BCUT2D eigenvalue weighted by Gasteiger charge is 2.09. The summed E-state index contributed by atoms with van der Waals surface area (Å²) in [5, 5.41) is 6.60. The molecule has 0 spiro atoms. The Balaban J connectivity index is 1.86. The number of methoxy groups -OCH3 is 1. The van der Waals surface area contributed by atoms with Crippen LogP contribution in [0.3, 0.4) is 0 Å². The van der Waals surface area contributed by atoms with E-state index in [-0.39, 0.29) is 12.0 Å². The van der Waals surface area contributed by atoms with E-state index in [1.54, 1.807) is 26.1 Å². The van der Waals surface area contributed by atoms with Crippen LogP contribution in [0.15, 0.2) is 53.5 Å². The Labute approximate surface area is 185 Å². The molecule has 1 atom stereocenters. The van der Waals surface area contributed by atoms with Gasteiger partial charge in [0.25, 0.3) is 5.91 Å². The van der Waals surface area contributed by atoms with Crippen molar-refractivity contribution in [3.05, 3.63) is 59.7 Å². The lowest BCUT2D eigenvalue weighted by Crippen LogP contribution is -2.39. The molecule has 0 radical (unpaired) electrons. The van der Waals surface area contributed by atoms with Crippen molar-refractivity contribution in [2.45, 2.75) is 26.4 Å². The summed E-state index contributed by atoms with van der Waals surface area (Å²) in [6, 6.07) is 15.3. The number of nitrogens with one attached hydrogen (secondary N) is 2. The summed E-state index contributed by atoms with van der Waals surface area (Å²) in [4.78, 5) is 18.4. The second kappa shape index (κ2) is 12.5. The molecule has 2 aromatic rings. The van der Waals surface area contributed by atoms with E-state index >= 15 is 0 Å². The topological polar surface area (TPSA) is 75.2 Å². The summed E-state index contributed by atoms with van der Waals surface area (Å²) >= 11 is 0. The Kier molecular flexibility index (Phi) is 9.68. The van der Waals surface area contributed by atoms with E-state index in [9.17, 15) is 4.79 Å². The first-order chi connectivity index (χ1) is 14.9. The van der Waals surface area contributed by atoms with Gasteiger partial charge in [0.05, 0.1) is 13.7 Å². The summed E-state index contributed by atoms with van der Waals surface area (Å²) in [6.45, 7) is 6.02. The smallest absolute Gasteiger partial charge is 0.253 e. The lowest BCUT2D eigenvalue weighted by Gasteiger charge is -2.16. The molecule has 0 aromatic heterocycles. The zero-order valence-electron chi connectivity index (χ0n) is 19.1. The molecule has 7 heteroatoms. The van der Waals surface area contributed by atoms with Crippen molar-refractivity contribution in [2.75, 3.05) is 40.8 Å². The van der Waals surface area contributed by atoms with Gasteiger partial charge in [-0.3, -0.25) is 4.79 Å². The van der Waals surface area contributed by atoms with Crippen LogP contribution in [0.5, 0.6) is 11.5 Å². The fourth-order valence-corrected chi connectivity index (χ4v) is 2.93. The molecule has 7 nitrogen and oxygen atoms in total. The number of carbonyl (C=O) groups excluding carboxylic acids is 1. The third-order valence-electron chi connectivity index (χ3n) is 4.53. The largest absolute Gasteiger partial charge is 0.497 e. The van der Waals surface area contributed by atoms with E-state index in [2.05, 4.69) is 15.6 Å². The van der Waals surface area contributed by atoms with Crippen molar-refractivity contribution in [3.63, 3.8) is 0 Å². The van der Waals surface area contributed by atoms with E-state index in [4.69, 9.17) is 9.47 Å². The summed E-state index contributed by atoms with van der Waals surface area (Å²) in [7, 11) is 5.16. The molecule has 0 aliphatic carbocycles. The number of hydrogen-bond acceptors (Lipinski definition) is 4. The van der Waals surface area contributed by atoms with Crippen LogP contribution in [0.1, 0.15) is 29.8 Å². The molecular formula is C24H34N4O3. The van der Waals surface area contributed by atoms with Gasteiger partial charge in [0.15, 0.2) is 5.96 Å². The third kappa shape index (κ3) is 8.20. The van der Waals surface area contributed by atoms with Crippen molar-refractivity contribution < 1.29 is 14.3 Å². The highest BCUT2D eigenvalue weighted by atomic mass is 16.5. The molecule has 2 rings (SSSR count). The normalized spacial score (nSPS) is 12.1. The fourth-order valence-electron chi connectivity index (χ4n) is 2.93. The van der Waals surface area contributed by atoms with Crippen LogP contribution in [0.25, 0.3) is 0 Å². The van der Waals surface area contributed by atoms with Gasteiger partial charge in [-0.25, -0.2) is 4.99 Å². The van der Waals surface area contributed by atoms with E-state index in [1.807, 2.05) is 62.4 Å². The van der Waals surface area contributed by atoms with Gasteiger partial charge >= 0.3 is 0 Å². The molecule has 2 aromatic carbocycles. The standard InChI is InChI=1S/C24H34N4O3/c1-6-25-24(27-17-18(2)31-22-12-10-21(30-5)11-13-22)26-15-14-19-8-7-9-20(16-19)23(29)28(3)4/h7-13,16,18H,6,14-15,17H2,1-5H3,(H2,25,26,27). The molecule has 1 unspecified atom stereocenters. The predicted molar refractivity (Wildman–Crippen MR) is 125 cm³/mol. The molecule has 0 bridgehead atoms. The third-order valence-corrected chi connectivity index (χ3v) is 4.53. The van der Waals surface area contributed by atoms with E-state index in [0.29, 0.717) is 18.7 Å². The minimum Gasteiger partial charge on any atom is -0.497 e. The number of rotatable bonds is 10. The number of benzene rings is 2. The molecule has 168 valence electrons. The van der Waals surface area contributed by atoms with Gasteiger partial charge in [0.1, 0.15) is 17.6 Å². The van der Waals surface area contributed by atoms with Crippen LogP contribution in [-0.2, 0) is 6.42 Å². The summed E-state index contributed by atoms with van der Waals surface area (Å²) in [5.41, 5.74) is 1.81. The summed E-state index contributed by atoms with van der Waals surface area (Å²) in [5.74, 6) is 2.34. The summed E-state index contributed by atoms with van der Waals surface area (Å²) in [6.07, 6.45) is 0.717. The zero-order chi connectivity index (χ0) is 22.6. The van der Waals surface area contributed by atoms with Crippen LogP contribution in [0.4, 0.5) is 0 Å². The number of guanidine groups is 1. The van der Waals surface area contributed by atoms with Gasteiger partial charge < -0.3 is 25.0 Å². The Morgan fingerprint density at radius 2 is 1.81 bits per heavy atom. The Morgan fingerprint density at radius 1 is 1.10 bits per heavy atom. The molecule has 0 saturated carbocycles.